The largest absolute Gasteiger partial charge is 0.508 e. The van der Waals surface area contributed by atoms with Gasteiger partial charge in [-0.3, -0.25) is 0 Å². The molecular weight excluding hydrogens is 250 g/mol. The van der Waals surface area contributed by atoms with Gasteiger partial charge in [0.2, 0.25) is 0 Å². The van der Waals surface area contributed by atoms with Crippen molar-refractivity contribution in [2.24, 2.45) is 0 Å². The van der Waals surface area contributed by atoms with E-state index in [0.29, 0.717) is 12.1 Å². The minimum absolute atomic E-state index is 0.198. The molecule has 104 valence electrons. The van der Waals surface area contributed by atoms with E-state index in [1.807, 2.05) is 30.3 Å². The number of hydrogen-bond acceptors (Lipinski definition) is 3. The highest BCUT2D eigenvalue weighted by atomic mass is 16.5. The number of aromatic hydroxyl groups is 1. The van der Waals surface area contributed by atoms with Crippen LogP contribution in [-0.2, 0) is 0 Å². The van der Waals surface area contributed by atoms with Gasteiger partial charge >= 0.3 is 0 Å². The Kier molecular flexibility index (Phi) is 4.41. The molecule has 2 N–H and O–H groups in total. The van der Waals surface area contributed by atoms with Gasteiger partial charge < -0.3 is 15.3 Å². The number of methoxy groups -OCH3 is 1. The first kappa shape index (κ1) is 14.1. The molecule has 20 heavy (non-hydrogen) atoms. The molecule has 1 unspecified atom stereocenters. The first-order valence-electron chi connectivity index (χ1n) is 6.61. The zero-order chi connectivity index (χ0) is 14.5. The number of phenolic OH excluding ortho intramolecular Hbond substituents is 1. The average Bonchev–Trinajstić information content (AvgIpc) is 2.47. The lowest BCUT2D eigenvalue weighted by Crippen LogP contribution is -2.05. The van der Waals surface area contributed by atoms with Gasteiger partial charge in [0.05, 0.1) is 7.11 Å². The van der Waals surface area contributed by atoms with Crippen LogP contribution < -0.4 is 4.74 Å². The van der Waals surface area contributed by atoms with Crippen LogP contribution in [0, 0.1) is 5.41 Å². The van der Waals surface area contributed by atoms with Gasteiger partial charge in [-0.1, -0.05) is 31.2 Å². The Hall–Kier alpha value is -2.29. The Morgan fingerprint density at radius 2 is 1.90 bits per heavy atom. The van der Waals surface area contributed by atoms with Gasteiger partial charge in [-0.25, -0.2) is 0 Å². The highest BCUT2D eigenvalue weighted by Crippen LogP contribution is 2.24. The second-order valence-corrected chi connectivity index (χ2v) is 4.91. The van der Waals surface area contributed by atoms with Gasteiger partial charge in [-0.15, -0.1) is 0 Å². The average molecular weight is 269 g/mol. The minimum Gasteiger partial charge on any atom is -0.508 e. The Morgan fingerprint density at radius 1 is 1.20 bits per heavy atom. The Balaban J connectivity index is 2.06. The van der Waals surface area contributed by atoms with Crippen molar-refractivity contribution >= 4 is 5.71 Å². The third-order valence-corrected chi connectivity index (χ3v) is 3.39. The monoisotopic (exact) mass is 269 g/mol. The van der Waals surface area contributed by atoms with Gasteiger partial charge in [0.1, 0.15) is 11.5 Å². The number of rotatable bonds is 5. The zero-order valence-electron chi connectivity index (χ0n) is 11.8. The van der Waals surface area contributed by atoms with Crippen LogP contribution in [0.3, 0.4) is 0 Å². The van der Waals surface area contributed by atoms with Crippen LogP contribution in [-0.4, -0.2) is 17.9 Å². The van der Waals surface area contributed by atoms with Crippen molar-refractivity contribution in [1.82, 2.24) is 0 Å². The summed E-state index contributed by atoms with van der Waals surface area (Å²) in [6, 6.07) is 14.8. The maximum absolute atomic E-state index is 9.46. The predicted molar refractivity (Wildman–Crippen MR) is 81.0 cm³/mol. The smallest absolute Gasteiger partial charge is 0.118 e. The maximum atomic E-state index is 9.46. The van der Waals surface area contributed by atoms with Gasteiger partial charge in [0.25, 0.3) is 0 Å². The molecule has 1 atom stereocenters. The SMILES string of the molecule is COc1ccc(C(C)CC(=N)c2cccc(O)c2)cc1. The predicted octanol–water partition coefficient (Wildman–Crippen LogP) is 3.96. The lowest BCUT2D eigenvalue weighted by molar-refractivity contribution is 0.414. The van der Waals surface area contributed by atoms with Gasteiger partial charge in [0.15, 0.2) is 0 Å². The molecule has 0 aromatic heterocycles. The highest BCUT2D eigenvalue weighted by Gasteiger charge is 2.10. The van der Waals surface area contributed by atoms with Crippen molar-refractivity contribution in [2.45, 2.75) is 19.3 Å². The topological polar surface area (TPSA) is 53.3 Å². The molecular formula is C17H19NO2. The molecule has 2 aromatic rings. The summed E-state index contributed by atoms with van der Waals surface area (Å²) in [7, 11) is 1.65. The van der Waals surface area contributed by atoms with Crippen molar-refractivity contribution in [3.8, 4) is 11.5 Å². The Labute approximate surface area is 119 Å². The molecule has 3 nitrogen and oxygen atoms in total. The fourth-order valence-corrected chi connectivity index (χ4v) is 2.17. The Morgan fingerprint density at radius 3 is 2.50 bits per heavy atom. The lowest BCUT2D eigenvalue weighted by Gasteiger charge is -2.13. The summed E-state index contributed by atoms with van der Waals surface area (Å²) in [4.78, 5) is 0. The van der Waals surface area contributed by atoms with E-state index in [4.69, 9.17) is 10.1 Å². The fraction of sp³-hybridized carbons (Fsp3) is 0.235. The van der Waals surface area contributed by atoms with Gasteiger partial charge in [0, 0.05) is 5.71 Å². The van der Waals surface area contributed by atoms with E-state index < -0.39 is 0 Å². The van der Waals surface area contributed by atoms with Gasteiger partial charge in [-0.05, 0) is 47.7 Å². The summed E-state index contributed by atoms with van der Waals surface area (Å²) in [5.74, 6) is 1.28. The molecule has 0 spiro atoms. The van der Waals surface area contributed by atoms with Crippen LogP contribution in [0.1, 0.15) is 30.4 Å². The third kappa shape index (κ3) is 3.38. The molecule has 2 aromatic carbocycles. The van der Waals surface area contributed by atoms with E-state index in [1.54, 1.807) is 25.3 Å². The van der Waals surface area contributed by atoms with Crippen molar-refractivity contribution in [3.63, 3.8) is 0 Å². The first-order valence-corrected chi connectivity index (χ1v) is 6.61. The summed E-state index contributed by atoms with van der Waals surface area (Å²) in [6.07, 6.45) is 0.635. The summed E-state index contributed by atoms with van der Waals surface area (Å²) in [5.41, 5.74) is 2.48. The second kappa shape index (κ2) is 6.24. The van der Waals surface area contributed by atoms with E-state index in [1.165, 1.54) is 5.56 Å². The maximum Gasteiger partial charge on any atom is 0.118 e. The molecule has 0 saturated carbocycles. The fourth-order valence-electron chi connectivity index (χ4n) is 2.17. The third-order valence-electron chi connectivity index (χ3n) is 3.39. The molecule has 0 heterocycles. The summed E-state index contributed by atoms with van der Waals surface area (Å²) in [6.45, 7) is 2.10. The molecule has 0 radical (unpaired) electrons. The molecule has 0 saturated heterocycles. The van der Waals surface area contributed by atoms with Crippen molar-refractivity contribution in [1.29, 1.82) is 5.41 Å². The van der Waals surface area contributed by atoms with Crippen molar-refractivity contribution in [3.05, 3.63) is 59.7 Å². The molecule has 0 amide bonds. The first-order chi connectivity index (χ1) is 9.60. The summed E-state index contributed by atoms with van der Waals surface area (Å²) < 4.78 is 5.14. The summed E-state index contributed by atoms with van der Waals surface area (Å²) in [5, 5.41) is 17.6. The molecule has 0 aliphatic heterocycles. The number of ether oxygens (including phenoxy) is 1. The minimum atomic E-state index is 0.198. The number of hydrogen-bond donors (Lipinski definition) is 2. The van der Waals surface area contributed by atoms with Crippen LogP contribution >= 0.6 is 0 Å². The number of phenols is 1. The van der Waals surface area contributed by atoms with E-state index in [0.717, 1.165) is 11.3 Å². The van der Waals surface area contributed by atoms with E-state index >= 15 is 0 Å². The molecule has 2 rings (SSSR count). The van der Waals surface area contributed by atoms with Crippen molar-refractivity contribution in [2.75, 3.05) is 7.11 Å². The van der Waals surface area contributed by atoms with Crippen LogP contribution in [0.5, 0.6) is 11.5 Å². The highest BCUT2D eigenvalue weighted by molar-refractivity contribution is 5.98. The van der Waals surface area contributed by atoms with Crippen LogP contribution in [0.15, 0.2) is 48.5 Å². The molecule has 0 aliphatic carbocycles. The molecule has 0 fully saturated rings. The van der Waals surface area contributed by atoms with Crippen LogP contribution in [0.25, 0.3) is 0 Å². The standard InChI is InChI=1S/C17H19NO2/c1-12(13-6-8-16(20-2)9-7-13)10-17(18)14-4-3-5-15(19)11-14/h3-9,11-12,18-19H,10H2,1-2H3. The van der Waals surface area contributed by atoms with Crippen molar-refractivity contribution < 1.29 is 9.84 Å². The quantitative estimate of drug-likeness (QED) is 0.807. The Bertz CT molecular complexity index is 590. The second-order valence-electron chi connectivity index (χ2n) is 4.91. The molecule has 0 aliphatic rings. The normalized spacial score (nSPS) is 11.9. The summed E-state index contributed by atoms with van der Waals surface area (Å²) >= 11 is 0. The van der Waals surface area contributed by atoms with Gasteiger partial charge in [-0.2, -0.15) is 0 Å². The molecule has 3 heteroatoms. The van der Waals surface area contributed by atoms with E-state index in [9.17, 15) is 5.11 Å². The number of nitrogens with one attached hydrogen (secondary N) is 1. The number of benzene rings is 2. The lowest BCUT2D eigenvalue weighted by atomic mass is 9.92. The van der Waals surface area contributed by atoms with Crippen LogP contribution in [0.2, 0.25) is 0 Å². The zero-order valence-corrected chi connectivity index (χ0v) is 11.8. The van der Waals surface area contributed by atoms with Crippen LogP contribution in [0.4, 0.5) is 0 Å². The van der Waals surface area contributed by atoms with E-state index in [-0.39, 0.29) is 11.7 Å². The molecule has 0 bridgehead atoms. The van der Waals surface area contributed by atoms with E-state index in [2.05, 4.69) is 6.92 Å².